The van der Waals surface area contributed by atoms with Crippen molar-refractivity contribution in [2.24, 2.45) is 0 Å². The van der Waals surface area contributed by atoms with Crippen LogP contribution in [0.2, 0.25) is 0 Å². The van der Waals surface area contributed by atoms with Crippen LogP contribution >= 0.6 is 0 Å². The van der Waals surface area contributed by atoms with Crippen LogP contribution in [-0.2, 0) is 4.74 Å². The van der Waals surface area contributed by atoms with Gasteiger partial charge in [0.25, 0.3) is 5.91 Å². The normalized spacial score (nSPS) is 16.5. The molecule has 0 aromatic heterocycles. The van der Waals surface area contributed by atoms with E-state index >= 15 is 0 Å². The molecule has 1 aromatic carbocycles. The van der Waals surface area contributed by atoms with E-state index in [9.17, 15) is 18.0 Å². The lowest BCUT2D eigenvalue weighted by atomic mass is 10.1. The molecule has 0 N–H and O–H groups in total. The van der Waals surface area contributed by atoms with Crippen LogP contribution in [0.3, 0.4) is 0 Å². The van der Waals surface area contributed by atoms with Gasteiger partial charge in [0.15, 0.2) is 17.5 Å². The zero-order chi connectivity index (χ0) is 14.7. The molecule has 0 saturated carbocycles. The lowest BCUT2D eigenvalue weighted by molar-refractivity contribution is 0.0145. The van der Waals surface area contributed by atoms with E-state index in [2.05, 4.69) is 0 Å². The molecule has 1 amide bonds. The first-order valence-corrected chi connectivity index (χ1v) is 6.58. The number of hydrogen-bond acceptors (Lipinski definition) is 2. The molecule has 0 aliphatic carbocycles. The van der Waals surface area contributed by atoms with Gasteiger partial charge in [-0.25, -0.2) is 13.2 Å². The van der Waals surface area contributed by atoms with Crippen molar-refractivity contribution in [2.45, 2.75) is 25.9 Å². The Kier molecular flexibility index (Phi) is 4.65. The number of rotatable bonds is 3. The summed E-state index contributed by atoms with van der Waals surface area (Å²) in [5, 5.41) is 0. The minimum absolute atomic E-state index is 0.116. The SMILES string of the molecule is CCOC1CCN(C(=O)c2cc(F)c(F)c(F)c2)CC1. The maximum atomic E-state index is 13.1. The van der Waals surface area contributed by atoms with Crippen molar-refractivity contribution < 1.29 is 22.7 Å². The maximum absolute atomic E-state index is 13.1. The second-order valence-electron chi connectivity index (χ2n) is 4.70. The number of benzene rings is 1. The summed E-state index contributed by atoms with van der Waals surface area (Å²) in [7, 11) is 0. The van der Waals surface area contributed by atoms with Crippen LogP contribution < -0.4 is 0 Å². The standard InChI is InChI=1S/C14H16F3NO2/c1-2-20-10-3-5-18(6-4-10)14(19)9-7-11(15)13(17)12(16)8-9/h7-8,10H,2-6H2,1H3. The number of piperidine rings is 1. The van der Waals surface area contributed by atoms with Crippen LogP contribution in [0.1, 0.15) is 30.1 Å². The van der Waals surface area contributed by atoms with E-state index in [1.807, 2.05) is 6.92 Å². The van der Waals surface area contributed by atoms with Crippen LogP contribution in [-0.4, -0.2) is 36.6 Å². The molecule has 0 atom stereocenters. The van der Waals surface area contributed by atoms with Gasteiger partial charge >= 0.3 is 0 Å². The Morgan fingerprint density at radius 2 is 1.80 bits per heavy atom. The molecule has 6 heteroatoms. The van der Waals surface area contributed by atoms with Gasteiger partial charge in [-0.1, -0.05) is 0 Å². The maximum Gasteiger partial charge on any atom is 0.254 e. The molecule has 0 radical (unpaired) electrons. The summed E-state index contributed by atoms with van der Waals surface area (Å²) in [5.41, 5.74) is -0.170. The third-order valence-corrected chi connectivity index (χ3v) is 3.36. The van der Waals surface area contributed by atoms with Crippen LogP contribution in [0.25, 0.3) is 0 Å². The van der Waals surface area contributed by atoms with Gasteiger partial charge in [0.1, 0.15) is 0 Å². The monoisotopic (exact) mass is 287 g/mol. The van der Waals surface area contributed by atoms with Gasteiger partial charge in [-0.2, -0.15) is 0 Å². The van der Waals surface area contributed by atoms with E-state index < -0.39 is 23.4 Å². The molecular formula is C14H16F3NO2. The van der Waals surface area contributed by atoms with E-state index in [-0.39, 0.29) is 11.7 Å². The summed E-state index contributed by atoms with van der Waals surface area (Å²) < 4.78 is 44.6. The lowest BCUT2D eigenvalue weighted by Gasteiger charge is -2.31. The molecule has 1 aliphatic heterocycles. The summed E-state index contributed by atoms with van der Waals surface area (Å²) in [5.74, 6) is -4.75. The molecule has 0 bridgehead atoms. The number of hydrogen-bond donors (Lipinski definition) is 0. The van der Waals surface area contributed by atoms with Crippen molar-refractivity contribution in [3.8, 4) is 0 Å². The molecule has 1 aromatic rings. The van der Waals surface area contributed by atoms with Crippen LogP contribution in [0.5, 0.6) is 0 Å². The highest BCUT2D eigenvalue weighted by Crippen LogP contribution is 2.19. The molecule has 0 unspecified atom stereocenters. The van der Waals surface area contributed by atoms with Gasteiger partial charge in [-0.15, -0.1) is 0 Å². The molecule has 1 heterocycles. The van der Waals surface area contributed by atoms with E-state index in [0.717, 1.165) is 12.1 Å². The quantitative estimate of drug-likeness (QED) is 0.800. The Hall–Kier alpha value is -1.56. The Morgan fingerprint density at radius 3 is 2.30 bits per heavy atom. The number of ether oxygens (including phenoxy) is 1. The molecule has 1 saturated heterocycles. The largest absolute Gasteiger partial charge is 0.378 e. The Morgan fingerprint density at radius 1 is 1.25 bits per heavy atom. The minimum atomic E-state index is -1.56. The number of halogens is 3. The van der Waals surface area contributed by atoms with E-state index in [1.54, 1.807) is 0 Å². The predicted octanol–water partition coefficient (Wildman–Crippen LogP) is 2.75. The molecule has 20 heavy (non-hydrogen) atoms. The second kappa shape index (κ2) is 6.26. The second-order valence-corrected chi connectivity index (χ2v) is 4.70. The lowest BCUT2D eigenvalue weighted by Crippen LogP contribution is -2.41. The van der Waals surface area contributed by atoms with Gasteiger partial charge in [0, 0.05) is 25.3 Å². The zero-order valence-electron chi connectivity index (χ0n) is 11.2. The number of likely N-dealkylation sites (tertiary alicyclic amines) is 1. The summed E-state index contributed by atoms with van der Waals surface area (Å²) in [6, 6.07) is 1.46. The van der Waals surface area contributed by atoms with Gasteiger partial charge < -0.3 is 9.64 Å². The third-order valence-electron chi connectivity index (χ3n) is 3.36. The Balaban J connectivity index is 2.06. The van der Waals surface area contributed by atoms with Crippen LogP contribution in [0, 0.1) is 17.5 Å². The molecular weight excluding hydrogens is 271 g/mol. The average molecular weight is 287 g/mol. The molecule has 3 nitrogen and oxygen atoms in total. The predicted molar refractivity (Wildman–Crippen MR) is 66.9 cm³/mol. The highest BCUT2D eigenvalue weighted by atomic mass is 19.2. The van der Waals surface area contributed by atoms with Crippen molar-refractivity contribution in [1.29, 1.82) is 0 Å². The highest BCUT2D eigenvalue weighted by Gasteiger charge is 2.25. The van der Waals surface area contributed by atoms with E-state index in [0.29, 0.717) is 32.5 Å². The van der Waals surface area contributed by atoms with Crippen molar-refractivity contribution in [3.63, 3.8) is 0 Å². The molecule has 2 rings (SSSR count). The first-order chi connectivity index (χ1) is 9.52. The van der Waals surface area contributed by atoms with Crippen molar-refractivity contribution in [2.75, 3.05) is 19.7 Å². The van der Waals surface area contributed by atoms with Gasteiger partial charge in [0.2, 0.25) is 0 Å². The van der Waals surface area contributed by atoms with E-state index in [4.69, 9.17) is 4.74 Å². The van der Waals surface area contributed by atoms with Gasteiger partial charge in [0.05, 0.1) is 6.10 Å². The fourth-order valence-corrected chi connectivity index (χ4v) is 2.32. The third kappa shape index (κ3) is 3.12. The first-order valence-electron chi connectivity index (χ1n) is 6.58. The number of amides is 1. The highest BCUT2D eigenvalue weighted by molar-refractivity contribution is 5.94. The molecule has 110 valence electrons. The Bertz CT molecular complexity index is 476. The summed E-state index contributed by atoms with van der Waals surface area (Å²) in [6.07, 6.45) is 1.49. The summed E-state index contributed by atoms with van der Waals surface area (Å²) in [4.78, 5) is 13.6. The van der Waals surface area contributed by atoms with E-state index in [1.165, 1.54) is 4.90 Å². The fourth-order valence-electron chi connectivity index (χ4n) is 2.32. The zero-order valence-corrected chi connectivity index (χ0v) is 11.2. The fraction of sp³-hybridized carbons (Fsp3) is 0.500. The molecule has 0 spiro atoms. The average Bonchev–Trinajstić information content (AvgIpc) is 2.44. The smallest absolute Gasteiger partial charge is 0.254 e. The van der Waals surface area contributed by atoms with Gasteiger partial charge in [-0.05, 0) is 31.9 Å². The van der Waals surface area contributed by atoms with Crippen molar-refractivity contribution >= 4 is 5.91 Å². The number of nitrogens with zero attached hydrogens (tertiary/aromatic N) is 1. The van der Waals surface area contributed by atoms with Crippen LogP contribution in [0.4, 0.5) is 13.2 Å². The number of carbonyl (C=O) groups excluding carboxylic acids is 1. The number of carbonyl (C=O) groups is 1. The summed E-state index contributed by atoms with van der Waals surface area (Å²) in [6.45, 7) is 3.45. The topological polar surface area (TPSA) is 29.5 Å². The Labute approximate surface area is 115 Å². The first kappa shape index (κ1) is 14.8. The van der Waals surface area contributed by atoms with Crippen molar-refractivity contribution in [1.82, 2.24) is 4.90 Å². The van der Waals surface area contributed by atoms with Crippen molar-refractivity contribution in [3.05, 3.63) is 35.1 Å². The minimum Gasteiger partial charge on any atom is -0.378 e. The van der Waals surface area contributed by atoms with Gasteiger partial charge in [-0.3, -0.25) is 4.79 Å². The summed E-state index contributed by atoms with van der Waals surface area (Å²) >= 11 is 0. The van der Waals surface area contributed by atoms with Crippen LogP contribution in [0.15, 0.2) is 12.1 Å². The molecule has 1 aliphatic rings. The molecule has 1 fully saturated rings.